The van der Waals surface area contributed by atoms with Gasteiger partial charge in [-0.3, -0.25) is 15.4 Å². The third kappa shape index (κ3) is 5.98. The van der Waals surface area contributed by atoms with E-state index in [1.54, 1.807) is 0 Å². The Morgan fingerprint density at radius 2 is 1.55 bits per heavy atom. The van der Waals surface area contributed by atoms with E-state index in [1.807, 2.05) is 0 Å². The fourth-order valence-electron chi connectivity index (χ4n) is 2.50. The highest BCUT2D eigenvalue weighted by Crippen LogP contribution is 2.31. The molecule has 3 rings (SSSR count). The maximum Gasteiger partial charge on any atom is 0.417 e. The van der Waals surface area contributed by atoms with E-state index in [0.717, 1.165) is 24.3 Å². The number of halogens is 3. The molecule has 172 valence electrons. The number of carbonyl (C=O) groups is 1. The fourth-order valence-corrected chi connectivity index (χ4v) is 3.45. The average Bonchev–Trinajstić information content (AvgIpc) is 2.75. The molecule has 0 saturated carbocycles. The van der Waals surface area contributed by atoms with Gasteiger partial charge in [0.05, 0.1) is 16.2 Å². The molecule has 33 heavy (non-hydrogen) atoms. The lowest BCUT2D eigenvalue weighted by Crippen LogP contribution is -2.18. The molecular formula is C20H13F3N2O7S. The van der Waals surface area contributed by atoms with Crippen LogP contribution in [0.25, 0.3) is 0 Å². The van der Waals surface area contributed by atoms with Gasteiger partial charge in [-0.05, 0) is 48.5 Å². The molecule has 0 fully saturated rings. The molecule has 0 spiro atoms. The molecule has 0 aromatic heterocycles. The number of nitro benzene ring substituents is 1. The number of carbonyl (C=O) groups excluding carboxylic acids is 1. The lowest BCUT2D eigenvalue weighted by Gasteiger charge is -2.13. The van der Waals surface area contributed by atoms with Gasteiger partial charge in [0.25, 0.3) is 5.69 Å². The Kier molecular flexibility index (Phi) is 6.53. The molecular weight excluding hydrogens is 469 g/mol. The number of non-ortho nitro benzene ring substituents is 1. The predicted octanol–water partition coefficient (Wildman–Crippen LogP) is 4.99. The first-order valence-corrected chi connectivity index (χ1v) is 10.3. The van der Waals surface area contributed by atoms with E-state index >= 15 is 0 Å². The van der Waals surface area contributed by atoms with Crippen LogP contribution < -0.4 is 14.2 Å². The number of nitro groups is 1. The second-order valence-corrected chi connectivity index (χ2v) is 7.87. The van der Waals surface area contributed by atoms with Crippen LogP contribution in [0.1, 0.15) is 5.56 Å². The van der Waals surface area contributed by atoms with Crippen LogP contribution >= 0.6 is 0 Å². The monoisotopic (exact) mass is 482 g/mol. The van der Waals surface area contributed by atoms with E-state index in [-0.39, 0.29) is 22.9 Å². The van der Waals surface area contributed by atoms with Crippen molar-refractivity contribution in [2.24, 2.45) is 0 Å². The molecule has 0 atom stereocenters. The quantitative estimate of drug-likeness (QED) is 0.298. The molecule has 0 heterocycles. The molecule has 13 heteroatoms. The van der Waals surface area contributed by atoms with E-state index in [1.165, 1.54) is 36.4 Å². The molecule has 0 bridgehead atoms. The van der Waals surface area contributed by atoms with Crippen LogP contribution in [0.15, 0.2) is 77.7 Å². The van der Waals surface area contributed by atoms with E-state index < -0.39 is 37.8 Å². The summed E-state index contributed by atoms with van der Waals surface area (Å²) in [5.41, 5.74) is -1.35. The van der Waals surface area contributed by atoms with Crippen molar-refractivity contribution in [2.45, 2.75) is 11.1 Å². The number of hydrogen-bond donors (Lipinski definition) is 1. The Labute approximate surface area is 184 Å². The number of nitrogens with zero attached hydrogens (tertiary/aromatic N) is 1. The third-order valence-corrected chi connectivity index (χ3v) is 5.30. The van der Waals surface area contributed by atoms with Gasteiger partial charge >= 0.3 is 22.4 Å². The molecule has 1 N–H and O–H groups in total. The highest BCUT2D eigenvalue weighted by atomic mass is 32.2. The van der Waals surface area contributed by atoms with Crippen molar-refractivity contribution in [3.05, 3.63) is 88.5 Å². The lowest BCUT2D eigenvalue weighted by atomic mass is 10.2. The van der Waals surface area contributed by atoms with E-state index in [0.29, 0.717) is 12.1 Å². The van der Waals surface area contributed by atoms with Crippen LogP contribution in [-0.4, -0.2) is 19.4 Å². The van der Waals surface area contributed by atoms with Gasteiger partial charge in [0, 0.05) is 12.1 Å². The molecule has 0 unspecified atom stereocenters. The van der Waals surface area contributed by atoms with Crippen molar-refractivity contribution in [3.8, 4) is 11.5 Å². The standard InChI is InChI=1S/C20H13F3N2O7S/c21-20(22,23)13-5-11-16(12-6-13)33(29,30)32-18-4-2-1-3-17(18)24-19(26)31-15-9-7-14(8-10-15)25(27)28/h1-12H,(H,24,26). The minimum Gasteiger partial charge on any atom is -0.410 e. The number of nitrogens with one attached hydrogen (secondary N) is 1. The SMILES string of the molecule is O=C(Nc1ccccc1OS(=O)(=O)c1ccc(C(F)(F)F)cc1)Oc1ccc([N+](=O)[O-])cc1. The minimum atomic E-state index is -4.64. The van der Waals surface area contributed by atoms with Crippen molar-refractivity contribution >= 4 is 27.6 Å². The van der Waals surface area contributed by atoms with Crippen molar-refractivity contribution in [1.29, 1.82) is 0 Å². The minimum absolute atomic E-state index is 0.0196. The smallest absolute Gasteiger partial charge is 0.410 e. The average molecular weight is 482 g/mol. The third-order valence-electron chi connectivity index (χ3n) is 4.05. The van der Waals surface area contributed by atoms with Gasteiger partial charge < -0.3 is 8.92 Å². The Hall–Kier alpha value is -4.13. The van der Waals surface area contributed by atoms with Crippen molar-refractivity contribution in [1.82, 2.24) is 0 Å². The summed E-state index contributed by atoms with van der Waals surface area (Å²) in [6.45, 7) is 0. The lowest BCUT2D eigenvalue weighted by molar-refractivity contribution is -0.384. The van der Waals surface area contributed by atoms with Gasteiger partial charge in [0.2, 0.25) is 0 Å². The second-order valence-electron chi connectivity index (χ2n) is 6.32. The zero-order chi connectivity index (χ0) is 24.2. The summed E-state index contributed by atoms with van der Waals surface area (Å²) in [5, 5.41) is 12.9. The van der Waals surface area contributed by atoms with Gasteiger partial charge in [-0.15, -0.1) is 0 Å². The molecule has 9 nitrogen and oxygen atoms in total. The normalized spacial score (nSPS) is 11.5. The number of ether oxygens (including phenoxy) is 1. The van der Waals surface area contributed by atoms with Gasteiger partial charge in [-0.1, -0.05) is 12.1 Å². The molecule has 0 aliphatic heterocycles. The first-order valence-electron chi connectivity index (χ1n) is 8.90. The Balaban J connectivity index is 1.74. The first-order chi connectivity index (χ1) is 15.5. The molecule has 0 saturated heterocycles. The Morgan fingerprint density at radius 1 is 0.939 bits per heavy atom. The van der Waals surface area contributed by atoms with Crippen LogP contribution in [0.3, 0.4) is 0 Å². The number of anilines is 1. The number of amides is 1. The van der Waals surface area contributed by atoms with Gasteiger partial charge in [0.15, 0.2) is 5.75 Å². The number of benzene rings is 3. The predicted molar refractivity (Wildman–Crippen MR) is 108 cm³/mol. The largest absolute Gasteiger partial charge is 0.417 e. The first kappa shape index (κ1) is 23.5. The Bertz CT molecular complexity index is 1280. The van der Waals surface area contributed by atoms with E-state index in [9.17, 15) is 36.5 Å². The van der Waals surface area contributed by atoms with Crippen molar-refractivity contribution in [2.75, 3.05) is 5.32 Å². The van der Waals surface area contributed by atoms with Crippen LogP contribution in [0.5, 0.6) is 11.5 Å². The van der Waals surface area contributed by atoms with Crippen molar-refractivity contribution in [3.63, 3.8) is 0 Å². The number of para-hydroxylation sites is 2. The maximum atomic E-state index is 12.7. The van der Waals surface area contributed by atoms with Crippen LogP contribution in [-0.2, 0) is 16.3 Å². The van der Waals surface area contributed by atoms with Crippen LogP contribution in [0.4, 0.5) is 29.3 Å². The highest BCUT2D eigenvalue weighted by molar-refractivity contribution is 7.87. The topological polar surface area (TPSA) is 125 Å². The Morgan fingerprint density at radius 3 is 2.12 bits per heavy atom. The summed E-state index contributed by atoms with van der Waals surface area (Å²) in [6, 6.07) is 12.7. The maximum absolute atomic E-state index is 12.7. The summed E-state index contributed by atoms with van der Waals surface area (Å²) < 4.78 is 73.0. The summed E-state index contributed by atoms with van der Waals surface area (Å²) >= 11 is 0. The number of rotatable bonds is 6. The van der Waals surface area contributed by atoms with Crippen LogP contribution in [0.2, 0.25) is 0 Å². The van der Waals surface area contributed by atoms with Gasteiger partial charge in [-0.2, -0.15) is 21.6 Å². The molecule has 0 aliphatic rings. The second kappa shape index (κ2) is 9.16. The number of alkyl halides is 3. The van der Waals surface area contributed by atoms with E-state index in [4.69, 9.17) is 8.92 Å². The summed E-state index contributed by atoms with van der Waals surface area (Å²) in [6.07, 6.45) is -5.68. The molecule has 3 aromatic carbocycles. The molecule has 0 aliphatic carbocycles. The summed E-state index contributed by atoms with van der Waals surface area (Å²) in [7, 11) is -4.53. The highest BCUT2D eigenvalue weighted by Gasteiger charge is 2.31. The van der Waals surface area contributed by atoms with Crippen LogP contribution in [0, 0.1) is 10.1 Å². The number of hydrogen-bond acceptors (Lipinski definition) is 7. The van der Waals surface area contributed by atoms with E-state index in [2.05, 4.69) is 5.32 Å². The molecule has 3 aromatic rings. The van der Waals surface area contributed by atoms with Crippen molar-refractivity contribution < 1.29 is 40.2 Å². The molecule has 1 amide bonds. The van der Waals surface area contributed by atoms with Gasteiger partial charge in [-0.25, -0.2) is 4.79 Å². The zero-order valence-electron chi connectivity index (χ0n) is 16.3. The zero-order valence-corrected chi connectivity index (χ0v) is 17.1. The fraction of sp³-hybridized carbons (Fsp3) is 0.0500. The molecule has 0 radical (unpaired) electrons. The summed E-state index contributed by atoms with van der Waals surface area (Å²) in [4.78, 5) is 21.6. The van der Waals surface area contributed by atoms with Gasteiger partial charge in [0.1, 0.15) is 10.6 Å². The summed E-state index contributed by atoms with van der Waals surface area (Å²) in [5.74, 6) is -0.341.